The third-order valence-corrected chi connectivity index (χ3v) is 7.43. The van der Waals surface area contributed by atoms with Crippen LogP contribution in [0.4, 0.5) is 0 Å². The molecule has 0 spiro atoms. The minimum Gasteiger partial charge on any atom is -0.493 e. The lowest BCUT2D eigenvalue weighted by Gasteiger charge is -2.30. The second-order valence-corrected chi connectivity index (χ2v) is 10.5. The molecule has 0 aromatic heterocycles. The average molecular weight is 597 g/mol. The number of benzene rings is 4. The largest absolute Gasteiger partial charge is 0.493 e. The van der Waals surface area contributed by atoms with Crippen LogP contribution in [0.15, 0.2) is 97.1 Å². The Labute approximate surface area is 257 Å². The molecule has 5 rings (SSSR count). The summed E-state index contributed by atoms with van der Waals surface area (Å²) in [6, 6.07) is 29.4. The van der Waals surface area contributed by atoms with Crippen molar-refractivity contribution in [3.63, 3.8) is 0 Å². The van der Waals surface area contributed by atoms with Crippen molar-refractivity contribution in [2.24, 2.45) is 0 Å². The van der Waals surface area contributed by atoms with Crippen LogP contribution >= 0.6 is 0 Å². The van der Waals surface area contributed by atoms with Crippen LogP contribution < -0.4 is 18.9 Å². The number of ether oxygens (including phenoxy) is 6. The summed E-state index contributed by atoms with van der Waals surface area (Å²) < 4.78 is 34.5. The second kappa shape index (κ2) is 15.0. The summed E-state index contributed by atoms with van der Waals surface area (Å²) in [6.07, 6.45) is 1.76. The van der Waals surface area contributed by atoms with Crippen LogP contribution in [-0.2, 0) is 22.7 Å². The molecular formula is C36H36O8. The van der Waals surface area contributed by atoms with Gasteiger partial charge < -0.3 is 28.4 Å². The Morgan fingerprint density at radius 3 is 1.36 bits per heavy atom. The van der Waals surface area contributed by atoms with Gasteiger partial charge in [-0.05, 0) is 73.2 Å². The highest BCUT2D eigenvalue weighted by molar-refractivity contribution is 5.91. The molecule has 1 saturated carbocycles. The molecule has 1 aliphatic carbocycles. The van der Waals surface area contributed by atoms with E-state index in [0.717, 1.165) is 24.0 Å². The number of rotatable bonds is 12. The fraction of sp³-hybridized carbons (Fsp3) is 0.278. The first-order chi connectivity index (χ1) is 21.5. The first kappa shape index (κ1) is 30.5. The fourth-order valence-corrected chi connectivity index (χ4v) is 5.04. The molecule has 44 heavy (non-hydrogen) atoms. The molecular weight excluding hydrogens is 560 g/mol. The third-order valence-electron chi connectivity index (χ3n) is 7.43. The molecule has 0 bridgehead atoms. The van der Waals surface area contributed by atoms with Crippen LogP contribution in [0.1, 0.15) is 57.5 Å². The van der Waals surface area contributed by atoms with Gasteiger partial charge >= 0.3 is 11.9 Å². The van der Waals surface area contributed by atoms with Gasteiger partial charge in [-0.3, -0.25) is 0 Å². The first-order valence-corrected chi connectivity index (χ1v) is 14.7. The van der Waals surface area contributed by atoms with E-state index >= 15 is 0 Å². The lowest BCUT2D eigenvalue weighted by molar-refractivity contribution is -0.0514. The monoisotopic (exact) mass is 596 g/mol. The molecule has 1 aliphatic rings. The van der Waals surface area contributed by atoms with Crippen molar-refractivity contribution in [2.75, 3.05) is 14.2 Å². The molecule has 0 heterocycles. The summed E-state index contributed by atoms with van der Waals surface area (Å²) in [5.74, 6) is 0.841. The molecule has 8 heteroatoms. The Hall–Kier alpha value is -4.98. The number of methoxy groups -OCH3 is 2. The molecule has 1 fully saturated rings. The second-order valence-electron chi connectivity index (χ2n) is 10.5. The summed E-state index contributed by atoms with van der Waals surface area (Å²) in [5, 5.41) is 0. The maximum atomic E-state index is 13.2. The maximum absolute atomic E-state index is 13.2. The van der Waals surface area contributed by atoms with Crippen molar-refractivity contribution < 1.29 is 38.0 Å². The van der Waals surface area contributed by atoms with Gasteiger partial charge in [0.2, 0.25) is 0 Å². The highest BCUT2D eigenvalue weighted by atomic mass is 16.6. The minimum absolute atomic E-state index is 0.320. The van der Waals surface area contributed by atoms with Gasteiger partial charge in [-0.15, -0.1) is 0 Å². The topological polar surface area (TPSA) is 89.5 Å². The summed E-state index contributed by atoms with van der Waals surface area (Å²) in [6.45, 7) is 0.733. The zero-order valence-corrected chi connectivity index (χ0v) is 24.9. The van der Waals surface area contributed by atoms with Crippen LogP contribution in [0.5, 0.6) is 23.0 Å². The third kappa shape index (κ3) is 7.89. The van der Waals surface area contributed by atoms with E-state index in [1.54, 1.807) is 36.4 Å². The molecule has 0 amide bonds. The van der Waals surface area contributed by atoms with Gasteiger partial charge in [0.1, 0.15) is 25.4 Å². The molecule has 2 atom stereocenters. The first-order valence-electron chi connectivity index (χ1n) is 14.7. The molecule has 8 nitrogen and oxygen atoms in total. The van der Waals surface area contributed by atoms with E-state index in [2.05, 4.69) is 0 Å². The predicted octanol–water partition coefficient (Wildman–Crippen LogP) is 7.19. The van der Waals surface area contributed by atoms with Crippen LogP contribution in [0, 0.1) is 0 Å². The number of carbonyl (C=O) groups excluding carboxylic acids is 2. The number of carbonyl (C=O) groups is 2. The van der Waals surface area contributed by atoms with Crippen molar-refractivity contribution >= 4 is 11.9 Å². The van der Waals surface area contributed by atoms with E-state index in [9.17, 15) is 9.59 Å². The average Bonchev–Trinajstić information content (AvgIpc) is 3.08. The summed E-state index contributed by atoms with van der Waals surface area (Å²) in [7, 11) is 3.04. The zero-order chi connectivity index (χ0) is 30.7. The predicted molar refractivity (Wildman–Crippen MR) is 164 cm³/mol. The summed E-state index contributed by atoms with van der Waals surface area (Å²) in [4.78, 5) is 26.3. The normalized spacial score (nSPS) is 16.0. The van der Waals surface area contributed by atoms with Crippen molar-refractivity contribution in [1.29, 1.82) is 0 Å². The molecule has 4 aromatic carbocycles. The number of hydrogen-bond acceptors (Lipinski definition) is 8. The van der Waals surface area contributed by atoms with E-state index < -0.39 is 24.1 Å². The smallest absolute Gasteiger partial charge is 0.338 e. The molecule has 0 aliphatic heterocycles. The van der Waals surface area contributed by atoms with Crippen molar-refractivity contribution in [2.45, 2.75) is 51.1 Å². The van der Waals surface area contributed by atoms with E-state index in [-0.39, 0.29) is 0 Å². The van der Waals surface area contributed by atoms with E-state index in [4.69, 9.17) is 28.4 Å². The van der Waals surface area contributed by atoms with Crippen molar-refractivity contribution in [1.82, 2.24) is 0 Å². The zero-order valence-electron chi connectivity index (χ0n) is 24.9. The van der Waals surface area contributed by atoms with Crippen molar-refractivity contribution in [3.05, 3.63) is 119 Å². The Kier molecular flexibility index (Phi) is 10.4. The molecule has 0 unspecified atom stereocenters. The summed E-state index contributed by atoms with van der Waals surface area (Å²) >= 11 is 0. The van der Waals surface area contributed by atoms with Crippen LogP contribution in [0.25, 0.3) is 0 Å². The molecule has 228 valence electrons. The highest BCUT2D eigenvalue weighted by Crippen LogP contribution is 2.32. The Bertz CT molecular complexity index is 1420. The summed E-state index contributed by atoms with van der Waals surface area (Å²) in [5.41, 5.74) is 2.67. The van der Waals surface area contributed by atoms with Gasteiger partial charge in [-0.25, -0.2) is 9.59 Å². The van der Waals surface area contributed by atoms with Gasteiger partial charge in [-0.1, -0.05) is 60.7 Å². The van der Waals surface area contributed by atoms with Gasteiger partial charge in [-0.2, -0.15) is 0 Å². The minimum atomic E-state index is -0.574. The maximum Gasteiger partial charge on any atom is 0.338 e. The van der Waals surface area contributed by atoms with Crippen molar-refractivity contribution in [3.8, 4) is 23.0 Å². The van der Waals surface area contributed by atoms with E-state index in [1.807, 2.05) is 60.7 Å². The Balaban J connectivity index is 1.20. The Morgan fingerprint density at radius 1 is 0.568 bits per heavy atom. The Morgan fingerprint density at radius 2 is 0.977 bits per heavy atom. The number of esters is 2. The van der Waals surface area contributed by atoms with E-state index in [1.165, 1.54) is 14.2 Å². The molecule has 4 aromatic rings. The highest BCUT2D eigenvalue weighted by Gasteiger charge is 2.32. The van der Waals surface area contributed by atoms with Gasteiger partial charge in [0.15, 0.2) is 23.0 Å². The van der Waals surface area contributed by atoms with Crippen LogP contribution in [0.3, 0.4) is 0 Å². The van der Waals surface area contributed by atoms with Gasteiger partial charge in [0, 0.05) is 0 Å². The van der Waals surface area contributed by atoms with Gasteiger partial charge in [0.25, 0.3) is 0 Å². The molecule has 0 radical (unpaired) electrons. The lowest BCUT2D eigenvalue weighted by atomic mass is 9.94. The van der Waals surface area contributed by atoms with E-state index in [0.29, 0.717) is 60.2 Å². The van der Waals surface area contributed by atoms with Crippen LogP contribution in [-0.4, -0.2) is 38.4 Å². The lowest BCUT2D eigenvalue weighted by Crippen LogP contribution is -2.37. The fourth-order valence-electron chi connectivity index (χ4n) is 5.04. The molecule has 0 saturated heterocycles. The standard InChI is InChI=1S/C36H36O8/c1-39-33-21-27(17-19-29(33)41-23-25-11-5-3-6-12-25)35(37)43-31-15-9-10-16-32(31)44-36(38)28-18-20-30(34(22-28)40-2)42-24-26-13-7-4-8-14-26/h3-8,11-14,17-22,31-32H,9-10,15-16,23-24H2,1-2H3/t31-,32-/m0/s1. The SMILES string of the molecule is COc1cc(C(=O)O[C@H]2CCCC[C@@H]2OC(=O)c2ccc(OCc3ccccc3)c(OC)c2)ccc1OCc1ccccc1. The number of hydrogen-bond donors (Lipinski definition) is 0. The quantitative estimate of drug-likeness (QED) is 0.159. The van der Waals surface area contributed by atoms with Gasteiger partial charge in [0.05, 0.1) is 25.3 Å². The molecule has 0 N–H and O–H groups in total. The van der Waals surface area contributed by atoms with Crippen LogP contribution in [0.2, 0.25) is 0 Å².